The van der Waals surface area contributed by atoms with Gasteiger partial charge in [0.25, 0.3) is 0 Å². The quantitative estimate of drug-likeness (QED) is 0.792. The molecule has 0 aromatic heterocycles. The minimum absolute atomic E-state index is 0.141. The molecule has 29 heavy (non-hydrogen) atoms. The van der Waals surface area contributed by atoms with E-state index in [1.165, 1.54) is 0 Å². The molecule has 1 saturated heterocycles. The molecule has 9 nitrogen and oxygen atoms in total. The molecular weight excluding hydrogens is 376 g/mol. The van der Waals surface area contributed by atoms with Crippen LogP contribution in [-0.4, -0.2) is 73.6 Å². The van der Waals surface area contributed by atoms with E-state index < -0.39 is 11.7 Å². The number of alkyl carbamates (subject to hydrolysis) is 1. The van der Waals surface area contributed by atoms with Gasteiger partial charge in [-0.15, -0.1) is 0 Å². The fourth-order valence-electron chi connectivity index (χ4n) is 3.30. The first-order valence-electron chi connectivity index (χ1n) is 9.79. The summed E-state index contributed by atoms with van der Waals surface area (Å²) in [5.74, 6) is 1.41. The lowest BCUT2D eigenvalue weighted by Gasteiger charge is -2.40. The third-order valence-electron chi connectivity index (χ3n) is 4.71. The molecule has 0 saturated carbocycles. The van der Waals surface area contributed by atoms with Crippen LogP contribution in [0.2, 0.25) is 0 Å². The van der Waals surface area contributed by atoms with Crippen molar-refractivity contribution < 1.29 is 23.8 Å². The van der Waals surface area contributed by atoms with Crippen LogP contribution in [0.15, 0.2) is 18.2 Å². The lowest BCUT2D eigenvalue weighted by atomic mass is 10.1. The molecular formula is C20H30N4O5. The number of fused-ring (bicyclic) bond motifs is 1. The maximum Gasteiger partial charge on any atom is 0.407 e. The average molecular weight is 406 g/mol. The first-order valence-corrected chi connectivity index (χ1v) is 9.79. The van der Waals surface area contributed by atoms with Crippen LogP contribution in [0, 0.1) is 0 Å². The van der Waals surface area contributed by atoms with E-state index in [4.69, 9.17) is 14.2 Å². The van der Waals surface area contributed by atoms with Crippen molar-refractivity contribution in [2.24, 2.45) is 0 Å². The van der Waals surface area contributed by atoms with Gasteiger partial charge in [0.1, 0.15) is 5.60 Å². The second kappa shape index (κ2) is 8.77. The summed E-state index contributed by atoms with van der Waals surface area (Å²) in [6.45, 7) is 8.42. The molecule has 1 aromatic rings. The van der Waals surface area contributed by atoms with Crippen LogP contribution in [0.5, 0.6) is 11.5 Å². The number of benzene rings is 1. The average Bonchev–Trinajstić information content (AvgIpc) is 3.11. The van der Waals surface area contributed by atoms with Gasteiger partial charge in [-0.3, -0.25) is 0 Å². The Kier molecular flexibility index (Phi) is 6.36. The number of ether oxygens (including phenoxy) is 3. The van der Waals surface area contributed by atoms with Gasteiger partial charge in [0.2, 0.25) is 6.79 Å². The molecule has 0 radical (unpaired) electrons. The van der Waals surface area contributed by atoms with Crippen LogP contribution in [0.25, 0.3) is 0 Å². The van der Waals surface area contributed by atoms with Gasteiger partial charge >= 0.3 is 12.1 Å². The molecule has 3 rings (SSSR count). The number of hydrogen-bond acceptors (Lipinski definition) is 6. The number of nitrogens with zero attached hydrogens (tertiary/aromatic N) is 2. The van der Waals surface area contributed by atoms with E-state index in [1.807, 2.05) is 46.0 Å². The van der Waals surface area contributed by atoms with Gasteiger partial charge in [-0.05, 0) is 45.5 Å². The zero-order valence-electron chi connectivity index (χ0n) is 17.5. The highest BCUT2D eigenvalue weighted by molar-refractivity contribution is 5.75. The van der Waals surface area contributed by atoms with Crippen LogP contribution < -0.4 is 20.1 Å². The maximum absolute atomic E-state index is 12.8. The van der Waals surface area contributed by atoms with E-state index in [0.717, 1.165) is 12.1 Å². The zero-order valence-corrected chi connectivity index (χ0v) is 17.5. The van der Waals surface area contributed by atoms with Crippen molar-refractivity contribution in [3.05, 3.63) is 23.8 Å². The molecule has 2 aliphatic heterocycles. The molecule has 2 heterocycles. The maximum atomic E-state index is 12.8. The number of nitrogens with one attached hydrogen (secondary N) is 2. The summed E-state index contributed by atoms with van der Waals surface area (Å²) in [6, 6.07) is 5.31. The fraction of sp³-hybridized carbons (Fsp3) is 0.600. The number of amides is 3. The Morgan fingerprint density at radius 1 is 1.17 bits per heavy atom. The largest absolute Gasteiger partial charge is 0.454 e. The Morgan fingerprint density at radius 3 is 2.69 bits per heavy atom. The predicted octanol–water partition coefficient (Wildman–Crippen LogP) is 1.77. The smallest absolute Gasteiger partial charge is 0.407 e. The molecule has 9 heteroatoms. The number of hydrogen-bond donors (Lipinski definition) is 2. The summed E-state index contributed by atoms with van der Waals surface area (Å²) in [5, 5.41) is 5.74. The molecule has 1 fully saturated rings. The Hall–Kier alpha value is -2.68. The molecule has 160 valence electrons. The number of piperazine rings is 1. The molecule has 1 aromatic carbocycles. The standard InChI is InChI=1S/C20H30N4O5/c1-20(2,3)29-19(26)22-11-15-12-23(4)7-8-24(15)18(25)21-10-14-5-6-16-17(9-14)28-13-27-16/h5-6,9,15H,7-8,10-13H2,1-4H3,(H,21,25)(H,22,26). The van der Waals surface area contributed by atoms with Crippen molar-refractivity contribution in [1.29, 1.82) is 0 Å². The summed E-state index contributed by atoms with van der Waals surface area (Å²) in [7, 11) is 2.00. The topological polar surface area (TPSA) is 92.4 Å². The molecule has 2 N–H and O–H groups in total. The number of carbonyl (C=O) groups excluding carboxylic acids is 2. The fourth-order valence-corrected chi connectivity index (χ4v) is 3.30. The number of likely N-dealkylation sites (N-methyl/N-ethyl adjacent to an activating group) is 1. The molecule has 2 aliphatic rings. The third-order valence-corrected chi connectivity index (χ3v) is 4.71. The van der Waals surface area contributed by atoms with Gasteiger partial charge in [0.05, 0.1) is 6.04 Å². The lowest BCUT2D eigenvalue weighted by Crippen LogP contribution is -2.60. The molecule has 1 atom stereocenters. The summed E-state index contributed by atoms with van der Waals surface area (Å²) < 4.78 is 16.0. The minimum atomic E-state index is -0.560. The highest BCUT2D eigenvalue weighted by atomic mass is 16.7. The molecule has 0 bridgehead atoms. The first kappa shape index (κ1) is 21.0. The molecule has 0 aliphatic carbocycles. The Balaban J connectivity index is 1.54. The van der Waals surface area contributed by atoms with E-state index in [9.17, 15) is 9.59 Å². The van der Waals surface area contributed by atoms with Crippen LogP contribution >= 0.6 is 0 Å². The SMILES string of the molecule is CN1CCN(C(=O)NCc2ccc3c(c2)OCO3)C(CNC(=O)OC(C)(C)C)C1. The van der Waals surface area contributed by atoms with Crippen molar-refractivity contribution >= 4 is 12.1 Å². The Labute approximate surface area is 171 Å². The number of urea groups is 1. The second-order valence-corrected chi connectivity index (χ2v) is 8.34. The summed E-state index contributed by atoms with van der Waals surface area (Å²) in [5.41, 5.74) is 0.370. The van der Waals surface area contributed by atoms with Gasteiger partial charge < -0.3 is 34.6 Å². The van der Waals surface area contributed by atoms with Gasteiger partial charge in [0.15, 0.2) is 11.5 Å². The molecule has 0 spiro atoms. The highest BCUT2D eigenvalue weighted by Crippen LogP contribution is 2.32. The highest BCUT2D eigenvalue weighted by Gasteiger charge is 2.30. The summed E-state index contributed by atoms with van der Waals surface area (Å²) in [4.78, 5) is 28.7. The summed E-state index contributed by atoms with van der Waals surface area (Å²) in [6.07, 6.45) is -0.480. The normalized spacial score (nSPS) is 19.0. The van der Waals surface area contributed by atoms with Crippen molar-refractivity contribution in [2.45, 2.75) is 39.0 Å². The van der Waals surface area contributed by atoms with Gasteiger partial charge in [0, 0.05) is 32.7 Å². The van der Waals surface area contributed by atoms with E-state index in [1.54, 1.807) is 4.90 Å². The van der Waals surface area contributed by atoms with Crippen molar-refractivity contribution in [3.8, 4) is 11.5 Å². The minimum Gasteiger partial charge on any atom is -0.454 e. The Bertz CT molecular complexity index is 749. The first-order chi connectivity index (χ1) is 13.7. The monoisotopic (exact) mass is 406 g/mol. The van der Waals surface area contributed by atoms with Crippen LogP contribution in [0.3, 0.4) is 0 Å². The van der Waals surface area contributed by atoms with E-state index in [2.05, 4.69) is 15.5 Å². The molecule has 1 unspecified atom stereocenters. The third kappa shape index (κ3) is 5.90. The van der Waals surface area contributed by atoms with E-state index in [0.29, 0.717) is 37.7 Å². The zero-order chi connectivity index (χ0) is 21.0. The van der Waals surface area contributed by atoms with Crippen molar-refractivity contribution in [3.63, 3.8) is 0 Å². The second-order valence-electron chi connectivity index (χ2n) is 8.34. The Morgan fingerprint density at radius 2 is 1.93 bits per heavy atom. The van der Waals surface area contributed by atoms with Gasteiger partial charge in [-0.1, -0.05) is 6.07 Å². The van der Waals surface area contributed by atoms with Crippen molar-refractivity contribution in [2.75, 3.05) is 40.0 Å². The molecule has 3 amide bonds. The van der Waals surface area contributed by atoms with E-state index in [-0.39, 0.29) is 18.9 Å². The number of carbonyl (C=O) groups is 2. The van der Waals surface area contributed by atoms with Crippen molar-refractivity contribution in [1.82, 2.24) is 20.4 Å². The van der Waals surface area contributed by atoms with Crippen LogP contribution in [-0.2, 0) is 11.3 Å². The van der Waals surface area contributed by atoms with Crippen LogP contribution in [0.1, 0.15) is 26.3 Å². The van der Waals surface area contributed by atoms with Gasteiger partial charge in [-0.25, -0.2) is 9.59 Å². The van der Waals surface area contributed by atoms with Crippen LogP contribution in [0.4, 0.5) is 9.59 Å². The van der Waals surface area contributed by atoms with E-state index >= 15 is 0 Å². The lowest BCUT2D eigenvalue weighted by molar-refractivity contribution is 0.0486. The predicted molar refractivity (Wildman–Crippen MR) is 107 cm³/mol. The number of rotatable bonds is 4. The van der Waals surface area contributed by atoms with Gasteiger partial charge in [-0.2, -0.15) is 0 Å². The summed E-state index contributed by atoms with van der Waals surface area (Å²) >= 11 is 0.